The Kier molecular flexibility index (Phi) is 4.24. The first-order valence-corrected chi connectivity index (χ1v) is 8.24. The van der Waals surface area contributed by atoms with Gasteiger partial charge in [0.15, 0.2) is 5.82 Å². The molecule has 8 nitrogen and oxygen atoms in total. The molecule has 0 atom stereocenters. The number of amides is 1. The Labute approximate surface area is 124 Å². The maximum absolute atomic E-state index is 12.8. The monoisotopic (exact) mass is 315 g/mol. The van der Waals surface area contributed by atoms with E-state index in [0.717, 1.165) is 0 Å². The van der Waals surface area contributed by atoms with Gasteiger partial charge in [0, 0.05) is 40.2 Å². The fourth-order valence-corrected chi connectivity index (χ4v) is 4.27. The Hall–Kier alpha value is -1.61. The van der Waals surface area contributed by atoms with Gasteiger partial charge in [-0.25, -0.2) is 8.42 Å². The highest BCUT2D eigenvalue weighted by molar-refractivity contribution is 7.89. The van der Waals surface area contributed by atoms with Crippen molar-refractivity contribution < 1.29 is 13.2 Å². The molecule has 0 saturated carbocycles. The van der Waals surface area contributed by atoms with Gasteiger partial charge in [0.05, 0.1) is 5.69 Å². The molecule has 9 heteroatoms. The summed E-state index contributed by atoms with van der Waals surface area (Å²) in [5.41, 5.74) is 6.26. The maximum Gasteiger partial charge on any atom is 0.248 e. The van der Waals surface area contributed by atoms with E-state index < -0.39 is 10.0 Å². The van der Waals surface area contributed by atoms with E-state index in [-0.39, 0.29) is 23.2 Å². The number of rotatable bonds is 2. The molecule has 1 aromatic heterocycles. The van der Waals surface area contributed by atoms with E-state index in [1.165, 1.54) is 15.9 Å². The first kappa shape index (κ1) is 15.8. The average molecular weight is 315 g/mol. The van der Waals surface area contributed by atoms with Crippen LogP contribution in [-0.4, -0.2) is 59.5 Å². The molecular formula is C12H21N5O3S. The number of nitrogen functional groups attached to an aromatic ring is 1. The molecule has 0 spiro atoms. The first-order chi connectivity index (χ1) is 9.75. The lowest BCUT2D eigenvalue weighted by atomic mass is 10.4. The lowest BCUT2D eigenvalue weighted by Crippen LogP contribution is -2.36. The van der Waals surface area contributed by atoms with Crippen molar-refractivity contribution in [3.05, 3.63) is 5.69 Å². The van der Waals surface area contributed by atoms with E-state index in [1.807, 2.05) is 0 Å². The van der Waals surface area contributed by atoms with Crippen LogP contribution in [0.4, 0.5) is 5.82 Å². The lowest BCUT2D eigenvalue weighted by Gasteiger charge is -2.21. The predicted molar refractivity (Wildman–Crippen MR) is 78.0 cm³/mol. The van der Waals surface area contributed by atoms with Gasteiger partial charge >= 0.3 is 0 Å². The highest BCUT2D eigenvalue weighted by Gasteiger charge is 2.32. The molecule has 1 aromatic rings. The second-order valence-corrected chi connectivity index (χ2v) is 7.06. The van der Waals surface area contributed by atoms with Gasteiger partial charge in [-0.15, -0.1) is 0 Å². The van der Waals surface area contributed by atoms with Gasteiger partial charge in [0.2, 0.25) is 15.9 Å². The lowest BCUT2D eigenvalue weighted by molar-refractivity contribution is -0.128. The first-order valence-electron chi connectivity index (χ1n) is 6.80. The standard InChI is InChI=1S/C12H21N5O3S/c1-9-11(12(13)14-15(9)3)21(19,20)17-6-4-5-16(7-8-17)10(2)18/h4-8H2,1-3H3,(H2,13,14). The van der Waals surface area contributed by atoms with Crippen LogP contribution >= 0.6 is 0 Å². The molecule has 1 aliphatic rings. The molecule has 0 aromatic carbocycles. The van der Waals surface area contributed by atoms with Crippen LogP contribution in [0, 0.1) is 6.92 Å². The number of hydrogen-bond acceptors (Lipinski definition) is 5. The van der Waals surface area contributed by atoms with Gasteiger partial charge in [-0.05, 0) is 13.3 Å². The summed E-state index contributed by atoms with van der Waals surface area (Å²) in [4.78, 5) is 13.1. The van der Waals surface area contributed by atoms with Crippen LogP contribution in [-0.2, 0) is 21.9 Å². The summed E-state index contributed by atoms with van der Waals surface area (Å²) in [6.45, 7) is 4.79. The van der Waals surface area contributed by atoms with Gasteiger partial charge in [-0.1, -0.05) is 0 Å². The minimum atomic E-state index is -3.69. The second kappa shape index (κ2) is 5.64. The predicted octanol–water partition coefficient (Wildman–Crippen LogP) is -0.446. The van der Waals surface area contributed by atoms with E-state index in [2.05, 4.69) is 5.10 Å². The molecular weight excluding hydrogens is 294 g/mol. The zero-order chi connectivity index (χ0) is 15.8. The van der Waals surface area contributed by atoms with Gasteiger partial charge in [-0.3, -0.25) is 9.48 Å². The fourth-order valence-electron chi connectivity index (χ4n) is 2.51. The summed E-state index contributed by atoms with van der Waals surface area (Å²) >= 11 is 0. The van der Waals surface area contributed by atoms with Crippen LogP contribution in [0.1, 0.15) is 19.0 Å². The number of nitrogens with two attached hydrogens (primary N) is 1. The number of sulfonamides is 1. The summed E-state index contributed by atoms with van der Waals surface area (Å²) < 4.78 is 28.4. The molecule has 118 valence electrons. The van der Waals surface area contributed by atoms with E-state index in [9.17, 15) is 13.2 Å². The van der Waals surface area contributed by atoms with Gasteiger partial charge in [-0.2, -0.15) is 9.40 Å². The molecule has 1 fully saturated rings. The molecule has 2 N–H and O–H groups in total. The third-order valence-corrected chi connectivity index (χ3v) is 5.87. The van der Waals surface area contributed by atoms with Crippen LogP contribution in [0.25, 0.3) is 0 Å². The number of aromatic nitrogens is 2. The highest BCUT2D eigenvalue weighted by atomic mass is 32.2. The van der Waals surface area contributed by atoms with Crippen molar-refractivity contribution in [1.82, 2.24) is 19.0 Å². The number of carbonyl (C=O) groups excluding carboxylic acids is 1. The van der Waals surface area contributed by atoms with Crippen molar-refractivity contribution in [2.24, 2.45) is 7.05 Å². The number of hydrogen-bond donors (Lipinski definition) is 1. The van der Waals surface area contributed by atoms with Gasteiger partial charge in [0.25, 0.3) is 0 Å². The molecule has 0 unspecified atom stereocenters. The molecule has 2 rings (SSSR count). The van der Waals surface area contributed by atoms with Crippen molar-refractivity contribution in [1.29, 1.82) is 0 Å². The molecule has 1 saturated heterocycles. The Morgan fingerprint density at radius 2 is 1.90 bits per heavy atom. The smallest absolute Gasteiger partial charge is 0.248 e. The Morgan fingerprint density at radius 1 is 1.24 bits per heavy atom. The SMILES string of the molecule is CC(=O)N1CCCN(S(=O)(=O)c2c(N)nn(C)c2C)CC1. The minimum absolute atomic E-state index is 0.0164. The van der Waals surface area contributed by atoms with Crippen LogP contribution in [0.2, 0.25) is 0 Å². The Balaban J connectivity index is 2.30. The van der Waals surface area contributed by atoms with Crippen LogP contribution < -0.4 is 5.73 Å². The summed E-state index contributed by atoms with van der Waals surface area (Å²) in [5.74, 6) is -0.0195. The molecule has 1 amide bonds. The third-order valence-electron chi connectivity index (χ3n) is 3.80. The van der Waals surface area contributed by atoms with E-state index in [0.29, 0.717) is 31.7 Å². The number of aryl methyl sites for hydroxylation is 1. The van der Waals surface area contributed by atoms with E-state index in [1.54, 1.807) is 18.9 Å². The number of anilines is 1. The maximum atomic E-state index is 12.8. The Morgan fingerprint density at radius 3 is 2.43 bits per heavy atom. The van der Waals surface area contributed by atoms with Gasteiger partial charge in [0.1, 0.15) is 4.90 Å². The van der Waals surface area contributed by atoms with Crippen molar-refractivity contribution in [2.75, 3.05) is 31.9 Å². The minimum Gasteiger partial charge on any atom is -0.381 e. The topological polar surface area (TPSA) is 102 Å². The van der Waals surface area contributed by atoms with E-state index in [4.69, 9.17) is 5.73 Å². The largest absolute Gasteiger partial charge is 0.381 e. The third kappa shape index (κ3) is 2.88. The summed E-state index contributed by atoms with van der Waals surface area (Å²) in [7, 11) is -2.03. The van der Waals surface area contributed by atoms with Crippen LogP contribution in [0.5, 0.6) is 0 Å². The zero-order valence-corrected chi connectivity index (χ0v) is 13.4. The van der Waals surface area contributed by atoms with Crippen LogP contribution in [0.15, 0.2) is 4.90 Å². The number of carbonyl (C=O) groups is 1. The molecule has 0 aliphatic carbocycles. The molecule has 0 bridgehead atoms. The van der Waals surface area contributed by atoms with Crippen molar-refractivity contribution in [3.63, 3.8) is 0 Å². The summed E-state index contributed by atoms with van der Waals surface area (Å²) in [5, 5.41) is 3.96. The molecule has 0 radical (unpaired) electrons. The summed E-state index contributed by atoms with van der Waals surface area (Å²) in [6.07, 6.45) is 0.609. The zero-order valence-electron chi connectivity index (χ0n) is 12.5. The van der Waals surface area contributed by atoms with Gasteiger partial charge < -0.3 is 10.6 Å². The number of nitrogens with zero attached hydrogens (tertiary/aromatic N) is 4. The average Bonchev–Trinajstić information content (AvgIpc) is 2.59. The molecule has 1 aliphatic heterocycles. The summed E-state index contributed by atoms with van der Waals surface area (Å²) in [6, 6.07) is 0. The quantitative estimate of drug-likeness (QED) is 0.797. The Bertz CT molecular complexity index is 652. The fraction of sp³-hybridized carbons (Fsp3) is 0.667. The molecule has 21 heavy (non-hydrogen) atoms. The van der Waals surface area contributed by atoms with E-state index >= 15 is 0 Å². The van der Waals surface area contributed by atoms with Crippen molar-refractivity contribution in [3.8, 4) is 0 Å². The second-order valence-electron chi connectivity index (χ2n) is 5.19. The normalized spacial score (nSPS) is 17.8. The highest BCUT2D eigenvalue weighted by Crippen LogP contribution is 2.25. The van der Waals surface area contributed by atoms with Crippen LogP contribution in [0.3, 0.4) is 0 Å². The molecule has 2 heterocycles. The van der Waals surface area contributed by atoms with Crippen molar-refractivity contribution >= 4 is 21.7 Å². The van der Waals surface area contributed by atoms with Crippen molar-refractivity contribution in [2.45, 2.75) is 25.2 Å².